The Morgan fingerprint density at radius 3 is 2.68 bits per heavy atom. The number of benzene rings is 1. The maximum Gasteiger partial charge on any atom is 0.173 e. The Bertz CT molecular complexity index is 584. The zero-order valence-corrected chi connectivity index (χ0v) is 12.7. The molecule has 1 N–H and O–H groups in total. The van der Waals surface area contributed by atoms with Gasteiger partial charge in [-0.15, -0.1) is 0 Å². The minimum atomic E-state index is -2.88. The highest BCUT2D eigenvalue weighted by molar-refractivity contribution is 7.91. The number of hydrogen-bond donors (Lipinski definition) is 1. The van der Waals surface area contributed by atoms with E-state index in [1.807, 2.05) is 43.1 Å². The van der Waals surface area contributed by atoms with Gasteiger partial charge in [0.05, 0.1) is 11.5 Å². The fourth-order valence-electron chi connectivity index (χ4n) is 2.16. The van der Waals surface area contributed by atoms with Crippen LogP contribution in [0.15, 0.2) is 24.3 Å². The summed E-state index contributed by atoms with van der Waals surface area (Å²) in [5, 5.41) is 3.74. The molecule has 1 fully saturated rings. The van der Waals surface area contributed by atoms with E-state index in [0.29, 0.717) is 11.5 Å². The van der Waals surface area contributed by atoms with E-state index >= 15 is 0 Å². The van der Waals surface area contributed by atoms with Gasteiger partial charge in [-0.25, -0.2) is 8.42 Å². The van der Waals surface area contributed by atoms with E-state index < -0.39 is 9.84 Å². The molecule has 0 aromatic heterocycles. The molecule has 1 heterocycles. The Kier molecular flexibility index (Phi) is 4.10. The minimum Gasteiger partial charge on any atom is -0.348 e. The molecule has 0 aliphatic carbocycles. The molecule has 1 aromatic rings. The lowest BCUT2D eigenvalue weighted by Gasteiger charge is -2.27. The number of para-hydroxylation sites is 1. The summed E-state index contributed by atoms with van der Waals surface area (Å²) >= 11 is 5.35. The van der Waals surface area contributed by atoms with Crippen molar-refractivity contribution in [3.05, 3.63) is 29.8 Å². The maximum atomic E-state index is 11.5. The third kappa shape index (κ3) is 3.45. The van der Waals surface area contributed by atoms with Gasteiger partial charge in [0, 0.05) is 18.8 Å². The molecule has 1 aliphatic rings. The fourth-order valence-corrected chi connectivity index (χ4v) is 4.20. The first kappa shape index (κ1) is 14.3. The molecule has 0 amide bonds. The lowest BCUT2D eigenvalue weighted by atomic mass is 10.2. The van der Waals surface area contributed by atoms with Gasteiger partial charge in [-0.1, -0.05) is 18.2 Å². The summed E-state index contributed by atoms with van der Waals surface area (Å²) in [6.45, 7) is 2.00. The van der Waals surface area contributed by atoms with Crippen LogP contribution >= 0.6 is 12.2 Å². The number of rotatable bonds is 2. The summed E-state index contributed by atoms with van der Waals surface area (Å²) in [5.74, 6) is 0.452. The van der Waals surface area contributed by atoms with Crippen LogP contribution in [0, 0.1) is 6.92 Å². The van der Waals surface area contributed by atoms with Crippen molar-refractivity contribution in [1.29, 1.82) is 0 Å². The number of sulfone groups is 1. The van der Waals surface area contributed by atoms with Crippen molar-refractivity contribution in [2.75, 3.05) is 23.9 Å². The average Bonchev–Trinajstić information content (AvgIpc) is 2.71. The molecule has 6 heteroatoms. The molecule has 1 aromatic carbocycles. The molecule has 4 nitrogen and oxygen atoms in total. The smallest absolute Gasteiger partial charge is 0.173 e. The van der Waals surface area contributed by atoms with Crippen LogP contribution in [0.5, 0.6) is 0 Å². The van der Waals surface area contributed by atoms with E-state index in [1.54, 1.807) is 0 Å². The standard InChI is InChI=1S/C13H18N2O2S2/c1-10-5-3-4-6-12(10)14-13(18)15(2)11-7-8-19(16,17)9-11/h3-6,11H,7-9H2,1-2H3,(H,14,18)/t11-/m0/s1. The highest BCUT2D eigenvalue weighted by Gasteiger charge is 2.31. The van der Waals surface area contributed by atoms with Gasteiger partial charge in [0.25, 0.3) is 0 Å². The summed E-state index contributed by atoms with van der Waals surface area (Å²) in [7, 11) is -1.04. The van der Waals surface area contributed by atoms with Gasteiger partial charge in [0.1, 0.15) is 0 Å². The number of nitrogens with zero attached hydrogens (tertiary/aromatic N) is 1. The number of aryl methyl sites for hydroxylation is 1. The Hall–Kier alpha value is -1.14. The Balaban J connectivity index is 2.03. The van der Waals surface area contributed by atoms with Crippen molar-refractivity contribution in [3.8, 4) is 0 Å². The predicted molar refractivity (Wildman–Crippen MR) is 82.2 cm³/mol. The summed E-state index contributed by atoms with van der Waals surface area (Å²) in [4.78, 5) is 1.85. The number of hydrogen-bond acceptors (Lipinski definition) is 3. The predicted octanol–water partition coefficient (Wildman–Crippen LogP) is 1.81. The van der Waals surface area contributed by atoms with E-state index in [-0.39, 0.29) is 17.5 Å². The van der Waals surface area contributed by atoms with Gasteiger partial charge in [0.15, 0.2) is 14.9 Å². The third-order valence-corrected chi connectivity index (χ3v) is 5.60. The Labute approximate surface area is 119 Å². The second-order valence-corrected chi connectivity index (χ2v) is 7.53. The molecule has 1 atom stereocenters. The molecule has 0 bridgehead atoms. The summed E-state index contributed by atoms with van der Waals surface area (Å²) in [5.41, 5.74) is 2.07. The summed E-state index contributed by atoms with van der Waals surface area (Å²) in [6, 6.07) is 7.86. The molecule has 0 saturated carbocycles. The number of thiocarbonyl (C=S) groups is 1. The SMILES string of the molecule is Cc1ccccc1NC(=S)N(C)[C@H]1CCS(=O)(=O)C1. The van der Waals surface area contributed by atoms with Crippen molar-refractivity contribution in [3.63, 3.8) is 0 Å². The molecule has 1 aliphatic heterocycles. The number of nitrogens with one attached hydrogen (secondary N) is 1. The Morgan fingerprint density at radius 1 is 1.42 bits per heavy atom. The molecule has 0 unspecified atom stereocenters. The van der Waals surface area contributed by atoms with Gasteiger partial charge in [-0.3, -0.25) is 0 Å². The van der Waals surface area contributed by atoms with E-state index in [9.17, 15) is 8.42 Å². The van der Waals surface area contributed by atoms with Gasteiger partial charge >= 0.3 is 0 Å². The second kappa shape index (κ2) is 5.46. The lowest BCUT2D eigenvalue weighted by Crippen LogP contribution is -2.40. The minimum absolute atomic E-state index is 0.0194. The van der Waals surface area contributed by atoms with Crippen molar-refractivity contribution < 1.29 is 8.42 Å². The average molecular weight is 298 g/mol. The topological polar surface area (TPSA) is 49.4 Å². The molecule has 19 heavy (non-hydrogen) atoms. The van der Waals surface area contributed by atoms with Crippen LogP contribution in [-0.2, 0) is 9.84 Å². The first-order valence-corrected chi connectivity index (χ1v) is 8.42. The van der Waals surface area contributed by atoms with Crippen LogP contribution in [0.1, 0.15) is 12.0 Å². The van der Waals surface area contributed by atoms with E-state index in [4.69, 9.17) is 12.2 Å². The van der Waals surface area contributed by atoms with Crippen LogP contribution in [0.3, 0.4) is 0 Å². The summed E-state index contributed by atoms with van der Waals surface area (Å²) in [6.07, 6.45) is 0.647. The lowest BCUT2D eigenvalue weighted by molar-refractivity contribution is 0.402. The zero-order valence-electron chi connectivity index (χ0n) is 11.1. The third-order valence-electron chi connectivity index (χ3n) is 3.46. The van der Waals surface area contributed by atoms with Crippen LogP contribution in [0.4, 0.5) is 5.69 Å². The van der Waals surface area contributed by atoms with Crippen molar-refractivity contribution in [2.24, 2.45) is 0 Å². The van der Waals surface area contributed by atoms with Crippen molar-refractivity contribution >= 4 is 32.9 Å². The molecular weight excluding hydrogens is 280 g/mol. The van der Waals surface area contributed by atoms with Crippen molar-refractivity contribution in [2.45, 2.75) is 19.4 Å². The largest absolute Gasteiger partial charge is 0.348 e. The first-order chi connectivity index (χ1) is 8.89. The van der Waals surface area contributed by atoms with Crippen LogP contribution < -0.4 is 5.32 Å². The van der Waals surface area contributed by atoms with Crippen LogP contribution in [0.25, 0.3) is 0 Å². The van der Waals surface area contributed by atoms with Crippen LogP contribution in [-0.4, -0.2) is 43.0 Å². The van der Waals surface area contributed by atoms with Crippen LogP contribution in [0.2, 0.25) is 0 Å². The Morgan fingerprint density at radius 2 is 2.11 bits per heavy atom. The van der Waals surface area contributed by atoms with Gasteiger partial charge in [-0.05, 0) is 37.2 Å². The van der Waals surface area contributed by atoms with Gasteiger partial charge in [0.2, 0.25) is 0 Å². The fraction of sp³-hybridized carbons (Fsp3) is 0.462. The van der Waals surface area contributed by atoms with Gasteiger partial charge < -0.3 is 10.2 Å². The molecule has 104 valence electrons. The van der Waals surface area contributed by atoms with E-state index in [1.165, 1.54) is 0 Å². The molecular formula is C13H18N2O2S2. The van der Waals surface area contributed by atoms with E-state index in [2.05, 4.69) is 5.32 Å². The van der Waals surface area contributed by atoms with Gasteiger partial charge in [-0.2, -0.15) is 0 Å². The quantitative estimate of drug-likeness (QED) is 0.844. The van der Waals surface area contributed by atoms with E-state index in [0.717, 1.165) is 11.3 Å². The molecule has 0 spiro atoms. The normalized spacial score (nSPS) is 21.1. The second-order valence-electron chi connectivity index (χ2n) is 4.91. The zero-order chi connectivity index (χ0) is 14.0. The molecule has 1 saturated heterocycles. The summed E-state index contributed by atoms with van der Waals surface area (Å²) < 4.78 is 23.0. The maximum absolute atomic E-state index is 11.5. The van der Waals surface area contributed by atoms with Crippen molar-refractivity contribution in [1.82, 2.24) is 4.90 Å². The molecule has 2 rings (SSSR count). The molecule has 0 radical (unpaired) electrons. The number of anilines is 1. The monoisotopic (exact) mass is 298 g/mol. The highest BCUT2D eigenvalue weighted by Crippen LogP contribution is 2.19. The highest BCUT2D eigenvalue weighted by atomic mass is 32.2. The first-order valence-electron chi connectivity index (χ1n) is 6.19.